The van der Waals surface area contributed by atoms with Gasteiger partial charge in [0.1, 0.15) is 0 Å². The zero-order valence-corrected chi connectivity index (χ0v) is 13.7. The Morgan fingerprint density at radius 2 is 1.33 bits per heavy atom. The van der Waals surface area contributed by atoms with E-state index in [1.54, 1.807) is 0 Å². The SMILES string of the molecule is CC.CC.CC.CC1Cc2ccccc2CN1C. The monoisotopic (exact) mass is 251 g/mol. The van der Waals surface area contributed by atoms with Gasteiger partial charge in [-0.3, -0.25) is 4.90 Å². The summed E-state index contributed by atoms with van der Waals surface area (Å²) < 4.78 is 0. The number of likely N-dealkylation sites (N-methyl/N-ethyl adjacent to an activating group) is 1. The molecule has 1 atom stereocenters. The van der Waals surface area contributed by atoms with Crippen molar-refractivity contribution in [3.8, 4) is 0 Å². The molecular formula is C17H33N. The van der Waals surface area contributed by atoms with Crippen LogP contribution in [0.3, 0.4) is 0 Å². The van der Waals surface area contributed by atoms with Gasteiger partial charge in [-0.25, -0.2) is 0 Å². The van der Waals surface area contributed by atoms with E-state index in [-0.39, 0.29) is 0 Å². The number of hydrogen-bond donors (Lipinski definition) is 0. The molecule has 1 aromatic carbocycles. The first-order valence-electron chi connectivity index (χ1n) is 7.54. The summed E-state index contributed by atoms with van der Waals surface area (Å²) in [5.41, 5.74) is 3.03. The summed E-state index contributed by atoms with van der Waals surface area (Å²) in [6, 6.07) is 9.44. The first kappa shape index (κ1) is 19.5. The molecule has 0 N–H and O–H groups in total. The molecule has 1 nitrogen and oxygen atoms in total. The molecule has 18 heavy (non-hydrogen) atoms. The van der Waals surface area contributed by atoms with Crippen molar-refractivity contribution in [1.29, 1.82) is 0 Å². The van der Waals surface area contributed by atoms with Crippen LogP contribution in [0.5, 0.6) is 0 Å². The largest absolute Gasteiger partial charge is 0.299 e. The minimum absolute atomic E-state index is 0.694. The van der Waals surface area contributed by atoms with Gasteiger partial charge in [-0.1, -0.05) is 65.8 Å². The molecule has 1 aliphatic heterocycles. The van der Waals surface area contributed by atoms with Crippen LogP contribution >= 0.6 is 0 Å². The second kappa shape index (κ2) is 12.6. The Morgan fingerprint density at radius 3 is 1.83 bits per heavy atom. The van der Waals surface area contributed by atoms with E-state index in [4.69, 9.17) is 0 Å². The second-order valence-corrected chi connectivity index (χ2v) is 3.74. The molecular weight excluding hydrogens is 218 g/mol. The molecule has 0 amide bonds. The zero-order chi connectivity index (χ0) is 14.6. The van der Waals surface area contributed by atoms with Crippen molar-refractivity contribution in [3.63, 3.8) is 0 Å². The van der Waals surface area contributed by atoms with Crippen molar-refractivity contribution in [2.75, 3.05) is 7.05 Å². The number of benzene rings is 1. The third kappa shape index (κ3) is 6.20. The van der Waals surface area contributed by atoms with Gasteiger partial charge in [0.05, 0.1) is 0 Å². The predicted molar refractivity (Wildman–Crippen MR) is 85.1 cm³/mol. The van der Waals surface area contributed by atoms with Crippen molar-refractivity contribution >= 4 is 0 Å². The summed E-state index contributed by atoms with van der Waals surface area (Å²) in [7, 11) is 2.20. The first-order chi connectivity index (χ1) is 8.77. The smallest absolute Gasteiger partial charge is 0.0236 e. The molecule has 1 unspecified atom stereocenters. The van der Waals surface area contributed by atoms with Crippen LogP contribution in [0.4, 0.5) is 0 Å². The molecule has 1 aromatic rings. The fraction of sp³-hybridized carbons (Fsp3) is 0.647. The summed E-state index contributed by atoms with van der Waals surface area (Å²) in [5.74, 6) is 0. The van der Waals surface area contributed by atoms with Crippen molar-refractivity contribution in [3.05, 3.63) is 35.4 Å². The lowest BCUT2D eigenvalue weighted by molar-refractivity contribution is 0.231. The Bertz CT molecular complexity index is 252. The summed E-state index contributed by atoms with van der Waals surface area (Å²) in [6.07, 6.45) is 1.20. The standard InChI is InChI=1S/C11H15N.3C2H6/c1-9-7-10-5-3-4-6-11(10)8-12(9)2;3*1-2/h3-6,9H,7-8H2,1-2H3;3*1-2H3. The Balaban J connectivity index is 0. The highest BCUT2D eigenvalue weighted by molar-refractivity contribution is 5.29. The van der Waals surface area contributed by atoms with E-state index < -0.39 is 0 Å². The molecule has 0 fully saturated rings. The summed E-state index contributed by atoms with van der Waals surface area (Å²) >= 11 is 0. The van der Waals surface area contributed by atoms with Crippen LogP contribution < -0.4 is 0 Å². The summed E-state index contributed by atoms with van der Waals surface area (Å²) in [6.45, 7) is 15.4. The molecule has 2 rings (SSSR count). The van der Waals surface area contributed by atoms with E-state index in [9.17, 15) is 0 Å². The van der Waals surface area contributed by atoms with Gasteiger partial charge in [-0.15, -0.1) is 0 Å². The van der Waals surface area contributed by atoms with Gasteiger partial charge in [0.15, 0.2) is 0 Å². The third-order valence-electron chi connectivity index (χ3n) is 2.81. The van der Waals surface area contributed by atoms with Gasteiger partial charge in [0, 0.05) is 12.6 Å². The van der Waals surface area contributed by atoms with Gasteiger partial charge < -0.3 is 0 Å². The van der Waals surface area contributed by atoms with E-state index in [1.165, 1.54) is 17.5 Å². The third-order valence-corrected chi connectivity index (χ3v) is 2.81. The molecule has 0 saturated heterocycles. The van der Waals surface area contributed by atoms with Crippen molar-refractivity contribution in [2.24, 2.45) is 0 Å². The van der Waals surface area contributed by atoms with E-state index >= 15 is 0 Å². The van der Waals surface area contributed by atoms with Crippen molar-refractivity contribution in [1.82, 2.24) is 4.90 Å². The van der Waals surface area contributed by atoms with E-state index in [1.807, 2.05) is 41.5 Å². The molecule has 0 aromatic heterocycles. The Labute approximate surface area is 115 Å². The van der Waals surface area contributed by atoms with Crippen LogP contribution in [-0.2, 0) is 13.0 Å². The number of hydrogen-bond acceptors (Lipinski definition) is 1. The quantitative estimate of drug-likeness (QED) is 0.617. The lowest BCUT2D eigenvalue weighted by atomic mass is 9.96. The van der Waals surface area contributed by atoms with Crippen LogP contribution in [0.25, 0.3) is 0 Å². The van der Waals surface area contributed by atoms with Crippen molar-refractivity contribution < 1.29 is 0 Å². The molecule has 0 radical (unpaired) electrons. The molecule has 106 valence electrons. The van der Waals surface area contributed by atoms with E-state index in [0.717, 1.165) is 6.54 Å². The highest BCUT2D eigenvalue weighted by Crippen LogP contribution is 2.20. The minimum Gasteiger partial charge on any atom is -0.299 e. The maximum absolute atomic E-state index is 2.41. The molecule has 0 saturated carbocycles. The number of rotatable bonds is 0. The van der Waals surface area contributed by atoms with Crippen LogP contribution in [-0.4, -0.2) is 18.0 Å². The molecule has 0 aliphatic carbocycles. The molecule has 0 spiro atoms. The minimum atomic E-state index is 0.694. The number of fused-ring (bicyclic) bond motifs is 1. The molecule has 1 heterocycles. The normalized spacial score (nSPS) is 16.8. The van der Waals surface area contributed by atoms with Gasteiger partial charge in [-0.2, -0.15) is 0 Å². The van der Waals surface area contributed by atoms with Gasteiger partial charge >= 0.3 is 0 Å². The van der Waals surface area contributed by atoms with E-state index in [0.29, 0.717) is 6.04 Å². The highest BCUT2D eigenvalue weighted by atomic mass is 15.1. The molecule has 1 heteroatoms. The Hall–Kier alpha value is -0.820. The average Bonchev–Trinajstić information content (AvgIpc) is 2.47. The molecule has 1 aliphatic rings. The topological polar surface area (TPSA) is 3.24 Å². The Kier molecular flexibility index (Phi) is 13.7. The van der Waals surface area contributed by atoms with Gasteiger partial charge in [0.25, 0.3) is 0 Å². The summed E-state index contributed by atoms with van der Waals surface area (Å²) in [4.78, 5) is 2.41. The number of nitrogens with zero attached hydrogens (tertiary/aromatic N) is 1. The summed E-state index contributed by atoms with van der Waals surface area (Å²) in [5, 5.41) is 0. The fourth-order valence-corrected chi connectivity index (χ4v) is 1.81. The van der Waals surface area contributed by atoms with Crippen LogP contribution in [0, 0.1) is 0 Å². The maximum Gasteiger partial charge on any atom is 0.0236 e. The van der Waals surface area contributed by atoms with Crippen LogP contribution in [0.2, 0.25) is 0 Å². The second-order valence-electron chi connectivity index (χ2n) is 3.74. The lowest BCUT2D eigenvalue weighted by Crippen LogP contribution is -2.34. The maximum atomic E-state index is 2.41. The van der Waals surface area contributed by atoms with Gasteiger partial charge in [0.2, 0.25) is 0 Å². The predicted octanol–water partition coefficient (Wildman–Crippen LogP) is 5.14. The van der Waals surface area contributed by atoms with Crippen LogP contribution in [0.15, 0.2) is 24.3 Å². The Morgan fingerprint density at radius 1 is 0.889 bits per heavy atom. The molecule has 0 bridgehead atoms. The van der Waals surface area contributed by atoms with Crippen LogP contribution in [0.1, 0.15) is 59.6 Å². The zero-order valence-electron chi connectivity index (χ0n) is 13.7. The first-order valence-corrected chi connectivity index (χ1v) is 7.54. The highest BCUT2D eigenvalue weighted by Gasteiger charge is 2.18. The van der Waals surface area contributed by atoms with Gasteiger partial charge in [-0.05, 0) is 31.5 Å². The van der Waals surface area contributed by atoms with Crippen molar-refractivity contribution in [2.45, 2.75) is 67.5 Å². The lowest BCUT2D eigenvalue weighted by Gasteiger charge is -2.31. The fourth-order valence-electron chi connectivity index (χ4n) is 1.81. The average molecular weight is 251 g/mol. The van der Waals surface area contributed by atoms with E-state index in [2.05, 4.69) is 43.1 Å².